The molecular weight excluding hydrogens is 218 g/mol. The van der Waals surface area contributed by atoms with Crippen LogP contribution in [0.2, 0.25) is 0 Å². The summed E-state index contributed by atoms with van der Waals surface area (Å²) >= 11 is 0. The number of carbonyl (C=O) groups is 1. The van der Waals surface area contributed by atoms with Crippen molar-refractivity contribution in [2.45, 2.75) is 46.1 Å². The summed E-state index contributed by atoms with van der Waals surface area (Å²) in [7, 11) is 0. The molecule has 0 N–H and O–H groups in total. The van der Waals surface area contributed by atoms with Gasteiger partial charge in [0.25, 0.3) is 0 Å². The first kappa shape index (κ1) is 14.3. The largest absolute Gasteiger partial charge is 0.444 e. The highest BCUT2D eigenvalue weighted by atomic mass is 16.6. The molecule has 1 amide bonds. The highest BCUT2D eigenvalue weighted by Gasteiger charge is 2.29. The maximum atomic E-state index is 11.8. The van der Waals surface area contributed by atoms with Crippen LogP contribution in [-0.2, 0) is 9.47 Å². The Morgan fingerprint density at radius 2 is 2.12 bits per heavy atom. The van der Waals surface area contributed by atoms with Crippen molar-refractivity contribution < 1.29 is 14.3 Å². The molecule has 1 saturated heterocycles. The fourth-order valence-electron chi connectivity index (χ4n) is 1.86. The van der Waals surface area contributed by atoms with E-state index in [0.717, 1.165) is 39.1 Å². The number of nitrogens with zero attached hydrogens (tertiary/aromatic N) is 1. The fourth-order valence-corrected chi connectivity index (χ4v) is 1.86. The minimum Gasteiger partial charge on any atom is -0.444 e. The van der Waals surface area contributed by atoms with Gasteiger partial charge >= 0.3 is 6.09 Å². The van der Waals surface area contributed by atoms with Crippen molar-refractivity contribution in [3.8, 4) is 0 Å². The third kappa shape index (κ3) is 5.39. The third-order valence-electron chi connectivity index (χ3n) is 2.64. The van der Waals surface area contributed by atoms with Crippen LogP contribution in [0.3, 0.4) is 0 Å². The van der Waals surface area contributed by atoms with Crippen LogP contribution in [0.1, 0.15) is 40.5 Å². The molecule has 0 aromatic rings. The predicted molar refractivity (Wildman–Crippen MR) is 67.0 cm³/mol. The van der Waals surface area contributed by atoms with Crippen LogP contribution in [-0.4, -0.2) is 42.9 Å². The van der Waals surface area contributed by atoms with Crippen molar-refractivity contribution in [3.05, 3.63) is 0 Å². The van der Waals surface area contributed by atoms with Gasteiger partial charge in [0.15, 0.2) is 0 Å². The number of ether oxygens (including phenoxy) is 2. The Hall–Kier alpha value is -0.770. The standard InChI is InChI=1S/C13H25NO3/c1-5-8-16-10-11-6-7-14(9-11)12(15)17-13(2,3)4/h11H,5-10H2,1-4H3. The van der Waals surface area contributed by atoms with Gasteiger partial charge in [0.2, 0.25) is 0 Å². The number of amides is 1. The van der Waals surface area contributed by atoms with Gasteiger partial charge < -0.3 is 14.4 Å². The van der Waals surface area contributed by atoms with Crippen LogP contribution in [0.4, 0.5) is 4.79 Å². The van der Waals surface area contributed by atoms with E-state index >= 15 is 0 Å². The maximum absolute atomic E-state index is 11.8. The number of likely N-dealkylation sites (tertiary alicyclic amines) is 1. The molecule has 17 heavy (non-hydrogen) atoms. The van der Waals surface area contributed by atoms with E-state index in [1.807, 2.05) is 20.8 Å². The van der Waals surface area contributed by atoms with Gasteiger partial charge in [0.05, 0.1) is 6.61 Å². The Morgan fingerprint density at radius 1 is 1.41 bits per heavy atom. The molecule has 0 aliphatic carbocycles. The molecular formula is C13H25NO3. The highest BCUT2D eigenvalue weighted by molar-refractivity contribution is 5.68. The molecule has 0 aromatic heterocycles. The third-order valence-corrected chi connectivity index (χ3v) is 2.64. The van der Waals surface area contributed by atoms with Crippen LogP contribution in [0.5, 0.6) is 0 Å². The molecule has 1 heterocycles. The molecule has 1 rings (SSSR count). The number of rotatable bonds is 4. The van der Waals surface area contributed by atoms with E-state index in [4.69, 9.17) is 9.47 Å². The monoisotopic (exact) mass is 243 g/mol. The molecule has 0 radical (unpaired) electrons. The van der Waals surface area contributed by atoms with Crippen molar-refractivity contribution in [1.82, 2.24) is 4.90 Å². The topological polar surface area (TPSA) is 38.8 Å². The molecule has 0 aromatic carbocycles. The van der Waals surface area contributed by atoms with Crippen LogP contribution in [0, 0.1) is 5.92 Å². The molecule has 1 unspecified atom stereocenters. The van der Waals surface area contributed by atoms with Crippen molar-refractivity contribution in [1.29, 1.82) is 0 Å². The molecule has 4 heteroatoms. The van der Waals surface area contributed by atoms with E-state index in [9.17, 15) is 4.79 Å². The lowest BCUT2D eigenvalue weighted by Gasteiger charge is -2.24. The molecule has 0 spiro atoms. The summed E-state index contributed by atoms with van der Waals surface area (Å²) in [4.78, 5) is 13.6. The lowest BCUT2D eigenvalue weighted by Crippen LogP contribution is -2.35. The van der Waals surface area contributed by atoms with Crippen LogP contribution >= 0.6 is 0 Å². The first-order valence-electron chi connectivity index (χ1n) is 6.48. The van der Waals surface area contributed by atoms with Gasteiger partial charge in [-0.2, -0.15) is 0 Å². The van der Waals surface area contributed by atoms with Gasteiger partial charge in [0, 0.05) is 25.6 Å². The summed E-state index contributed by atoms with van der Waals surface area (Å²) in [6.45, 7) is 10.9. The van der Waals surface area contributed by atoms with Gasteiger partial charge in [-0.15, -0.1) is 0 Å². The summed E-state index contributed by atoms with van der Waals surface area (Å²) in [5.74, 6) is 0.467. The Kier molecular flexibility index (Phi) is 5.25. The Balaban J connectivity index is 2.27. The van der Waals surface area contributed by atoms with Crippen LogP contribution in [0.25, 0.3) is 0 Å². The van der Waals surface area contributed by atoms with Gasteiger partial charge in [-0.25, -0.2) is 4.79 Å². The smallest absolute Gasteiger partial charge is 0.410 e. The maximum Gasteiger partial charge on any atom is 0.410 e. The zero-order valence-electron chi connectivity index (χ0n) is 11.5. The SMILES string of the molecule is CCCOCC1CCN(C(=O)OC(C)(C)C)C1. The summed E-state index contributed by atoms with van der Waals surface area (Å²) in [5, 5.41) is 0. The second-order valence-electron chi connectivity index (χ2n) is 5.66. The van der Waals surface area contributed by atoms with Crippen molar-refractivity contribution in [2.24, 2.45) is 5.92 Å². The van der Waals surface area contributed by atoms with E-state index in [1.54, 1.807) is 4.90 Å². The van der Waals surface area contributed by atoms with Crippen LogP contribution in [0.15, 0.2) is 0 Å². The lowest BCUT2D eigenvalue weighted by molar-refractivity contribution is 0.0274. The second kappa shape index (κ2) is 6.24. The van der Waals surface area contributed by atoms with Crippen molar-refractivity contribution >= 4 is 6.09 Å². The number of hydrogen-bond donors (Lipinski definition) is 0. The van der Waals surface area contributed by atoms with E-state index in [2.05, 4.69) is 6.92 Å². The average molecular weight is 243 g/mol. The van der Waals surface area contributed by atoms with Gasteiger partial charge in [-0.05, 0) is 33.6 Å². The summed E-state index contributed by atoms with van der Waals surface area (Å²) in [6, 6.07) is 0. The lowest BCUT2D eigenvalue weighted by atomic mass is 10.1. The highest BCUT2D eigenvalue weighted by Crippen LogP contribution is 2.19. The Morgan fingerprint density at radius 3 is 2.71 bits per heavy atom. The summed E-state index contributed by atoms with van der Waals surface area (Å²) < 4.78 is 10.9. The Labute approximate surface area is 104 Å². The molecule has 1 aliphatic heterocycles. The predicted octanol–water partition coefficient (Wildman–Crippen LogP) is 2.67. The molecule has 0 bridgehead atoms. The van der Waals surface area contributed by atoms with E-state index < -0.39 is 5.60 Å². The summed E-state index contributed by atoms with van der Waals surface area (Å²) in [5.41, 5.74) is -0.409. The molecule has 1 fully saturated rings. The molecule has 100 valence electrons. The number of hydrogen-bond acceptors (Lipinski definition) is 3. The molecule has 1 atom stereocenters. The van der Waals surface area contributed by atoms with Crippen molar-refractivity contribution in [3.63, 3.8) is 0 Å². The first-order valence-corrected chi connectivity index (χ1v) is 6.48. The van der Waals surface area contributed by atoms with Gasteiger partial charge in [-0.3, -0.25) is 0 Å². The summed E-state index contributed by atoms with van der Waals surface area (Å²) in [6.07, 6.45) is 1.86. The normalized spacial score (nSPS) is 20.7. The Bertz CT molecular complexity index is 248. The average Bonchev–Trinajstić information content (AvgIpc) is 2.64. The fraction of sp³-hybridized carbons (Fsp3) is 0.923. The molecule has 1 aliphatic rings. The minimum atomic E-state index is -0.409. The second-order valence-corrected chi connectivity index (χ2v) is 5.66. The molecule has 0 saturated carbocycles. The van der Waals surface area contributed by atoms with E-state index in [0.29, 0.717) is 5.92 Å². The quantitative estimate of drug-likeness (QED) is 0.713. The zero-order chi connectivity index (χ0) is 12.9. The van der Waals surface area contributed by atoms with Crippen LogP contribution < -0.4 is 0 Å². The van der Waals surface area contributed by atoms with Crippen molar-refractivity contribution in [2.75, 3.05) is 26.3 Å². The zero-order valence-corrected chi connectivity index (χ0v) is 11.5. The minimum absolute atomic E-state index is 0.199. The number of carbonyl (C=O) groups excluding carboxylic acids is 1. The molecule has 4 nitrogen and oxygen atoms in total. The van der Waals surface area contributed by atoms with Gasteiger partial charge in [-0.1, -0.05) is 6.92 Å². The van der Waals surface area contributed by atoms with E-state index in [-0.39, 0.29) is 6.09 Å². The van der Waals surface area contributed by atoms with E-state index in [1.165, 1.54) is 0 Å². The van der Waals surface area contributed by atoms with Gasteiger partial charge in [0.1, 0.15) is 5.60 Å². The first-order chi connectivity index (χ1) is 7.92.